The normalized spacial score (nSPS) is 10.5. The Morgan fingerprint density at radius 3 is 2.31 bits per heavy atom. The third-order valence-corrected chi connectivity index (χ3v) is 5.39. The molecule has 0 saturated heterocycles. The van der Waals surface area contributed by atoms with Crippen LogP contribution in [-0.2, 0) is 4.79 Å². The Kier molecular flexibility index (Phi) is 7.11. The Bertz CT molecular complexity index is 1350. The number of aryl methyl sites for hydroxylation is 1. The first-order chi connectivity index (χ1) is 17.0. The zero-order valence-corrected chi connectivity index (χ0v) is 19.7. The standard InChI is InChI=1S/C27H26N4O4/c1-18-15-22(19(2)31(18)25-13-6-7-14-28-25)27(33)30-21-10-8-9-20(16-21)29-26(32)17-35-24-12-5-4-11-23(24)34-3/h4-16H,17H2,1-3H3,(H,29,32)(H,30,33). The molecule has 0 atom stereocenters. The highest BCUT2D eigenvalue weighted by Gasteiger charge is 2.17. The number of benzene rings is 2. The molecule has 0 fully saturated rings. The number of ether oxygens (including phenoxy) is 2. The first-order valence-electron chi connectivity index (χ1n) is 11.0. The van der Waals surface area contributed by atoms with Gasteiger partial charge in [0.15, 0.2) is 18.1 Å². The van der Waals surface area contributed by atoms with Gasteiger partial charge in [-0.3, -0.25) is 9.59 Å². The number of rotatable bonds is 8. The molecule has 8 heteroatoms. The number of nitrogens with zero attached hydrogens (tertiary/aromatic N) is 2. The fourth-order valence-electron chi connectivity index (χ4n) is 3.78. The van der Waals surface area contributed by atoms with Crippen molar-refractivity contribution in [3.8, 4) is 17.3 Å². The number of methoxy groups -OCH3 is 1. The molecule has 0 radical (unpaired) electrons. The van der Waals surface area contributed by atoms with Crippen LogP contribution in [-0.4, -0.2) is 35.1 Å². The molecular formula is C27H26N4O4. The first-order valence-corrected chi connectivity index (χ1v) is 11.0. The molecule has 35 heavy (non-hydrogen) atoms. The number of carbonyl (C=O) groups is 2. The fourth-order valence-corrected chi connectivity index (χ4v) is 3.78. The quantitative estimate of drug-likeness (QED) is 0.387. The van der Waals surface area contributed by atoms with Crippen molar-refractivity contribution in [2.45, 2.75) is 13.8 Å². The van der Waals surface area contributed by atoms with Crippen molar-refractivity contribution in [1.82, 2.24) is 9.55 Å². The van der Waals surface area contributed by atoms with Crippen LogP contribution in [0.15, 0.2) is 79.0 Å². The summed E-state index contributed by atoms with van der Waals surface area (Å²) < 4.78 is 12.7. The van der Waals surface area contributed by atoms with Crippen molar-refractivity contribution in [2.75, 3.05) is 24.4 Å². The Morgan fingerprint density at radius 2 is 1.60 bits per heavy atom. The third kappa shape index (κ3) is 5.50. The molecular weight excluding hydrogens is 444 g/mol. The average molecular weight is 471 g/mol. The van der Waals surface area contributed by atoms with Crippen LogP contribution in [0.3, 0.4) is 0 Å². The third-order valence-electron chi connectivity index (χ3n) is 5.39. The number of aromatic nitrogens is 2. The van der Waals surface area contributed by atoms with Gasteiger partial charge < -0.3 is 24.7 Å². The van der Waals surface area contributed by atoms with Crippen LogP contribution in [0.5, 0.6) is 11.5 Å². The maximum Gasteiger partial charge on any atom is 0.262 e. The summed E-state index contributed by atoms with van der Waals surface area (Å²) >= 11 is 0. The van der Waals surface area contributed by atoms with Gasteiger partial charge in [0, 0.05) is 29.0 Å². The molecule has 2 aromatic heterocycles. The molecule has 0 saturated carbocycles. The summed E-state index contributed by atoms with van der Waals surface area (Å²) in [5.41, 5.74) is 3.34. The summed E-state index contributed by atoms with van der Waals surface area (Å²) in [6.45, 7) is 3.63. The number of hydrogen-bond acceptors (Lipinski definition) is 5. The Morgan fingerprint density at radius 1 is 0.886 bits per heavy atom. The number of carbonyl (C=O) groups excluding carboxylic acids is 2. The second-order valence-corrected chi connectivity index (χ2v) is 7.83. The van der Waals surface area contributed by atoms with Crippen LogP contribution >= 0.6 is 0 Å². The Hall–Kier alpha value is -4.59. The molecule has 8 nitrogen and oxygen atoms in total. The largest absolute Gasteiger partial charge is 0.493 e. The molecule has 0 aliphatic heterocycles. The number of hydrogen-bond donors (Lipinski definition) is 2. The number of nitrogens with one attached hydrogen (secondary N) is 2. The van der Waals surface area contributed by atoms with Gasteiger partial charge in [-0.15, -0.1) is 0 Å². The topological polar surface area (TPSA) is 94.5 Å². The molecule has 2 aromatic carbocycles. The predicted octanol–water partition coefficient (Wildman–Crippen LogP) is 4.77. The number of amides is 2. The van der Waals surface area contributed by atoms with Crippen molar-refractivity contribution in [3.63, 3.8) is 0 Å². The van der Waals surface area contributed by atoms with Gasteiger partial charge in [0.05, 0.1) is 12.7 Å². The lowest BCUT2D eigenvalue weighted by atomic mass is 10.2. The van der Waals surface area contributed by atoms with Crippen molar-refractivity contribution in [3.05, 3.63) is 95.9 Å². The maximum atomic E-state index is 13.0. The number of anilines is 2. The van der Waals surface area contributed by atoms with E-state index in [1.165, 1.54) is 0 Å². The first kappa shape index (κ1) is 23.6. The van der Waals surface area contributed by atoms with Crippen molar-refractivity contribution in [1.29, 1.82) is 0 Å². The Balaban J connectivity index is 1.41. The van der Waals surface area contributed by atoms with Gasteiger partial charge in [-0.05, 0) is 62.4 Å². The zero-order chi connectivity index (χ0) is 24.8. The van der Waals surface area contributed by atoms with Crippen molar-refractivity contribution in [2.24, 2.45) is 0 Å². The zero-order valence-electron chi connectivity index (χ0n) is 19.7. The fraction of sp³-hybridized carbons (Fsp3) is 0.148. The summed E-state index contributed by atoms with van der Waals surface area (Å²) in [6, 6.07) is 21.5. The van der Waals surface area contributed by atoms with E-state index in [4.69, 9.17) is 9.47 Å². The number of para-hydroxylation sites is 2. The van der Waals surface area contributed by atoms with Gasteiger partial charge in [0.2, 0.25) is 0 Å². The van der Waals surface area contributed by atoms with Crippen LogP contribution in [0.2, 0.25) is 0 Å². The molecule has 0 unspecified atom stereocenters. The van der Waals surface area contributed by atoms with E-state index in [-0.39, 0.29) is 18.4 Å². The van der Waals surface area contributed by atoms with E-state index < -0.39 is 0 Å². The molecule has 0 bridgehead atoms. The van der Waals surface area contributed by atoms with E-state index in [0.29, 0.717) is 28.4 Å². The average Bonchev–Trinajstić information content (AvgIpc) is 3.17. The van der Waals surface area contributed by atoms with Gasteiger partial charge >= 0.3 is 0 Å². The molecule has 2 heterocycles. The lowest BCUT2D eigenvalue weighted by Crippen LogP contribution is -2.20. The van der Waals surface area contributed by atoms with E-state index >= 15 is 0 Å². The lowest BCUT2D eigenvalue weighted by molar-refractivity contribution is -0.118. The highest BCUT2D eigenvalue weighted by Crippen LogP contribution is 2.26. The minimum Gasteiger partial charge on any atom is -0.493 e. The lowest BCUT2D eigenvalue weighted by Gasteiger charge is -2.12. The molecule has 2 amide bonds. The molecule has 0 spiro atoms. The van der Waals surface area contributed by atoms with E-state index in [1.54, 1.807) is 55.8 Å². The predicted molar refractivity (Wildman–Crippen MR) is 135 cm³/mol. The molecule has 4 rings (SSSR count). The highest BCUT2D eigenvalue weighted by molar-refractivity contribution is 6.05. The maximum absolute atomic E-state index is 13.0. The smallest absolute Gasteiger partial charge is 0.262 e. The summed E-state index contributed by atoms with van der Waals surface area (Å²) in [7, 11) is 1.54. The van der Waals surface area contributed by atoms with Crippen LogP contribution in [0.4, 0.5) is 11.4 Å². The van der Waals surface area contributed by atoms with Gasteiger partial charge in [-0.25, -0.2) is 4.98 Å². The minimum atomic E-state index is -0.335. The summed E-state index contributed by atoms with van der Waals surface area (Å²) in [5, 5.41) is 5.69. The van der Waals surface area contributed by atoms with Crippen LogP contribution in [0.1, 0.15) is 21.7 Å². The summed E-state index contributed by atoms with van der Waals surface area (Å²) in [6.07, 6.45) is 1.72. The van der Waals surface area contributed by atoms with Gasteiger partial charge in [-0.2, -0.15) is 0 Å². The monoisotopic (exact) mass is 470 g/mol. The second kappa shape index (κ2) is 10.6. The van der Waals surface area contributed by atoms with Gasteiger partial charge in [0.1, 0.15) is 5.82 Å². The van der Waals surface area contributed by atoms with E-state index in [2.05, 4.69) is 15.6 Å². The molecule has 2 N–H and O–H groups in total. The minimum absolute atomic E-state index is 0.184. The summed E-state index contributed by atoms with van der Waals surface area (Å²) in [5.74, 6) is 1.20. The van der Waals surface area contributed by atoms with Crippen molar-refractivity contribution >= 4 is 23.2 Å². The van der Waals surface area contributed by atoms with Crippen LogP contribution < -0.4 is 20.1 Å². The van der Waals surface area contributed by atoms with E-state index in [0.717, 1.165) is 17.2 Å². The molecule has 0 aliphatic rings. The molecule has 4 aromatic rings. The van der Waals surface area contributed by atoms with Crippen LogP contribution in [0.25, 0.3) is 5.82 Å². The van der Waals surface area contributed by atoms with Crippen LogP contribution in [0, 0.1) is 13.8 Å². The second-order valence-electron chi connectivity index (χ2n) is 7.83. The SMILES string of the molecule is COc1ccccc1OCC(=O)Nc1cccc(NC(=O)c2cc(C)n(-c3ccccn3)c2C)c1. The van der Waals surface area contributed by atoms with E-state index in [9.17, 15) is 9.59 Å². The Labute approximate surface area is 203 Å². The highest BCUT2D eigenvalue weighted by atomic mass is 16.5. The van der Waals surface area contributed by atoms with E-state index in [1.807, 2.05) is 48.7 Å². The summed E-state index contributed by atoms with van der Waals surface area (Å²) in [4.78, 5) is 29.8. The van der Waals surface area contributed by atoms with Gasteiger partial charge in [0.25, 0.3) is 11.8 Å². The molecule has 0 aliphatic carbocycles. The van der Waals surface area contributed by atoms with Crippen molar-refractivity contribution < 1.29 is 19.1 Å². The number of pyridine rings is 1. The van der Waals surface area contributed by atoms with Gasteiger partial charge in [-0.1, -0.05) is 24.3 Å². The molecule has 178 valence electrons.